The second-order valence-corrected chi connectivity index (χ2v) is 7.08. The lowest BCUT2D eigenvalue weighted by Gasteiger charge is -2.10. The van der Waals surface area contributed by atoms with Crippen LogP contribution < -0.4 is 16.6 Å². The van der Waals surface area contributed by atoms with Crippen LogP contribution in [0.4, 0.5) is 11.5 Å². The zero-order valence-electron chi connectivity index (χ0n) is 17.3. The van der Waals surface area contributed by atoms with Crippen molar-refractivity contribution in [3.8, 4) is 5.69 Å². The summed E-state index contributed by atoms with van der Waals surface area (Å²) in [6.45, 7) is 1.73. The fourth-order valence-corrected chi connectivity index (χ4v) is 3.26. The highest BCUT2D eigenvalue weighted by Gasteiger charge is 2.17. The van der Waals surface area contributed by atoms with Crippen LogP contribution in [0.1, 0.15) is 16.2 Å². The summed E-state index contributed by atoms with van der Waals surface area (Å²) >= 11 is 0. The van der Waals surface area contributed by atoms with E-state index in [-0.39, 0.29) is 22.4 Å². The molecule has 1 amide bonds. The number of anilines is 1. The van der Waals surface area contributed by atoms with Crippen molar-refractivity contribution in [2.45, 2.75) is 6.92 Å². The van der Waals surface area contributed by atoms with Crippen LogP contribution in [0.15, 0.2) is 52.1 Å². The van der Waals surface area contributed by atoms with Crippen molar-refractivity contribution in [3.63, 3.8) is 0 Å². The fraction of sp³-hybridized carbons (Fsp3) is 0.150. The molecule has 0 saturated carbocycles. The minimum atomic E-state index is -0.580. The summed E-state index contributed by atoms with van der Waals surface area (Å²) in [5.41, 5.74) is 0.0715. The highest BCUT2D eigenvalue weighted by Crippen LogP contribution is 2.20. The van der Waals surface area contributed by atoms with E-state index in [1.807, 2.05) is 0 Å². The molecule has 0 radical (unpaired) electrons. The lowest BCUT2D eigenvalue weighted by molar-refractivity contribution is -0.384. The summed E-state index contributed by atoms with van der Waals surface area (Å²) in [6, 6.07) is 10.2. The second kappa shape index (κ2) is 7.58. The van der Waals surface area contributed by atoms with Crippen molar-refractivity contribution < 1.29 is 9.72 Å². The van der Waals surface area contributed by atoms with Crippen molar-refractivity contribution in [3.05, 3.63) is 84.8 Å². The van der Waals surface area contributed by atoms with E-state index >= 15 is 0 Å². The average molecular weight is 435 g/mol. The standard InChI is InChI=1S/C20H17N7O5/c1-11-10-16(26(23-11)12-4-6-13(7-5-12)27(31)32)22-18(28)15-9-8-14-17(21-15)24(2)20(30)25(3)19(14)29/h4-10H,1-3H3,(H,22,28). The van der Waals surface area contributed by atoms with Crippen molar-refractivity contribution in [2.24, 2.45) is 14.1 Å². The Hall–Kier alpha value is -4.61. The van der Waals surface area contributed by atoms with Gasteiger partial charge in [0.2, 0.25) is 0 Å². The van der Waals surface area contributed by atoms with E-state index in [1.165, 1.54) is 59.7 Å². The predicted octanol–water partition coefficient (Wildman–Crippen LogP) is 1.29. The van der Waals surface area contributed by atoms with Crippen LogP contribution in [-0.4, -0.2) is 34.7 Å². The molecule has 0 aliphatic heterocycles. The Labute approximate surface area is 179 Å². The lowest BCUT2D eigenvalue weighted by Crippen LogP contribution is -2.37. The fourth-order valence-electron chi connectivity index (χ4n) is 3.26. The molecule has 12 heteroatoms. The predicted molar refractivity (Wildman–Crippen MR) is 115 cm³/mol. The van der Waals surface area contributed by atoms with Gasteiger partial charge >= 0.3 is 5.69 Å². The molecule has 0 bridgehead atoms. The molecule has 0 aliphatic rings. The third-order valence-corrected chi connectivity index (χ3v) is 4.91. The van der Waals surface area contributed by atoms with E-state index in [1.54, 1.807) is 13.0 Å². The first-order chi connectivity index (χ1) is 15.2. The van der Waals surface area contributed by atoms with E-state index in [4.69, 9.17) is 0 Å². The molecule has 162 valence electrons. The molecule has 0 spiro atoms. The number of nitrogens with one attached hydrogen (secondary N) is 1. The van der Waals surface area contributed by atoms with Crippen LogP contribution in [-0.2, 0) is 14.1 Å². The Balaban J connectivity index is 1.71. The molecular weight excluding hydrogens is 418 g/mol. The number of nitro groups is 1. The van der Waals surface area contributed by atoms with Gasteiger partial charge in [0, 0.05) is 32.3 Å². The van der Waals surface area contributed by atoms with Crippen molar-refractivity contribution in [1.82, 2.24) is 23.9 Å². The molecule has 3 heterocycles. The number of aryl methyl sites for hydroxylation is 2. The van der Waals surface area contributed by atoms with Gasteiger partial charge in [0.05, 0.1) is 21.7 Å². The molecule has 12 nitrogen and oxygen atoms in total. The Morgan fingerprint density at radius 2 is 1.75 bits per heavy atom. The zero-order valence-corrected chi connectivity index (χ0v) is 17.3. The van der Waals surface area contributed by atoms with E-state index < -0.39 is 22.1 Å². The summed E-state index contributed by atoms with van der Waals surface area (Å²) in [6.07, 6.45) is 0. The maximum Gasteiger partial charge on any atom is 0.332 e. The summed E-state index contributed by atoms with van der Waals surface area (Å²) < 4.78 is 3.59. The summed E-state index contributed by atoms with van der Waals surface area (Å²) in [5.74, 6) is -0.260. The van der Waals surface area contributed by atoms with Crippen LogP contribution in [0.25, 0.3) is 16.7 Å². The molecular formula is C20H17N7O5. The number of pyridine rings is 1. The van der Waals surface area contributed by atoms with Crippen molar-refractivity contribution in [2.75, 3.05) is 5.32 Å². The van der Waals surface area contributed by atoms with Gasteiger partial charge < -0.3 is 5.32 Å². The van der Waals surface area contributed by atoms with E-state index in [2.05, 4.69) is 15.4 Å². The molecule has 0 saturated heterocycles. The van der Waals surface area contributed by atoms with Gasteiger partial charge in [-0.05, 0) is 31.2 Å². The number of nitrogens with zero attached hydrogens (tertiary/aromatic N) is 6. The maximum atomic E-state index is 12.9. The van der Waals surface area contributed by atoms with Crippen LogP contribution in [0.3, 0.4) is 0 Å². The molecule has 1 aromatic carbocycles. The third kappa shape index (κ3) is 3.43. The first kappa shape index (κ1) is 20.7. The first-order valence-electron chi connectivity index (χ1n) is 9.37. The van der Waals surface area contributed by atoms with E-state index in [0.29, 0.717) is 17.2 Å². The Kier molecular flexibility index (Phi) is 4.89. The number of carbonyl (C=O) groups is 1. The molecule has 3 aromatic heterocycles. The Morgan fingerprint density at radius 1 is 1.06 bits per heavy atom. The SMILES string of the molecule is Cc1cc(NC(=O)c2ccc3c(=O)n(C)c(=O)n(C)c3n2)n(-c2ccc([N+](=O)[O-])cc2)n1. The minimum Gasteiger partial charge on any atom is -0.305 e. The zero-order chi connectivity index (χ0) is 23.2. The molecule has 32 heavy (non-hydrogen) atoms. The number of fused-ring (bicyclic) bond motifs is 1. The summed E-state index contributed by atoms with van der Waals surface area (Å²) in [5, 5.41) is 18.1. The van der Waals surface area contributed by atoms with Crippen LogP contribution in [0.2, 0.25) is 0 Å². The molecule has 0 atom stereocenters. The third-order valence-electron chi connectivity index (χ3n) is 4.91. The minimum absolute atomic E-state index is 0.00476. The van der Waals surface area contributed by atoms with Gasteiger partial charge in [-0.1, -0.05) is 0 Å². The van der Waals surface area contributed by atoms with Crippen LogP contribution in [0.5, 0.6) is 0 Å². The second-order valence-electron chi connectivity index (χ2n) is 7.08. The highest BCUT2D eigenvalue weighted by atomic mass is 16.6. The molecule has 1 N–H and O–H groups in total. The van der Waals surface area contributed by atoms with Gasteiger partial charge in [-0.2, -0.15) is 5.10 Å². The van der Waals surface area contributed by atoms with Gasteiger partial charge in [0.1, 0.15) is 17.2 Å². The van der Waals surface area contributed by atoms with Gasteiger partial charge in [-0.15, -0.1) is 0 Å². The molecule has 4 aromatic rings. The number of amides is 1. The number of benzene rings is 1. The quantitative estimate of drug-likeness (QED) is 0.375. The normalized spacial score (nSPS) is 11.0. The number of hydrogen-bond donors (Lipinski definition) is 1. The van der Waals surface area contributed by atoms with E-state index in [9.17, 15) is 24.5 Å². The lowest BCUT2D eigenvalue weighted by atomic mass is 10.2. The largest absolute Gasteiger partial charge is 0.332 e. The van der Waals surface area contributed by atoms with Crippen LogP contribution >= 0.6 is 0 Å². The van der Waals surface area contributed by atoms with Crippen molar-refractivity contribution in [1.29, 1.82) is 0 Å². The topological polar surface area (TPSA) is 147 Å². The smallest absolute Gasteiger partial charge is 0.305 e. The molecule has 4 rings (SSSR count). The monoisotopic (exact) mass is 435 g/mol. The highest BCUT2D eigenvalue weighted by molar-refractivity contribution is 6.03. The van der Waals surface area contributed by atoms with E-state index in [0.717, 1.165) is 4.57 Å². The number of hydrogen-bond acceptors (Lipinski definition) is 7. The average Bonchev–Trinajstić information content (AvgIpc) is 3.15. The number of rotatable bonds is 4. The van der Waals surface area contributed by atoms with Gasteiger partial charge in [-0.25, -0.2) is 14.5 Å². The number of nitro benzene ring substituents is 1. The van der Waals surface area contributed by atoms with Crippen molar-refractivity contribution >= 4 is 28.4 Å². The maximum absolute atomic E-state index is 12.9. The number of non-ortho nitro benzene ring substituents is 1. The first-order valence-corrected chi connectivity index (χ1v) is 9.37. The number of aromatic nitrogens is 5. The summed E-state index contributed by atoms with van der Waals surface area (Å²) in [7, 11) is 2.83. The van der Waals surface area contributed by atoms with Crippen LogP contribution in [0, 0.1) is 17.0 Å². The molecule has 0 aliphatic carbocycles. The molecule has 0 unspecified atom stereocenters. The van der Waals surface area contributed by atoms with Gasteiger partial charge in [0.25, 0.3) is 17.2 Å². The Bertz CT molecular complexity index is 1510. The number of carbonyl (C=O) groups excluding carboxylic acids is 1. The van der Waals surface area contributed by atoms with Gasteiger partial charge in [0.15, 0.2) is 0 Å². The summed E-state index contributed by atoms with van der Waals surface area (Å²) in [4.78, 5) is 51.9. The Morgan fingerprint density at radius 3 is 2.41 bits per heavy atom. The molecule has 0 fully saturated rings. The van der Waals surface area contributed by atoms with Gasteiger partial charge in [-0.3, -0.25) is 28.8 Å².